The number of aryl methyl sites for hydroxylation is 1. The predicted octanol–water partition coefficient (Wildman–Crippen LogP) is 6.02. The normalized spacial score (nSPS) is 21.0. The van der Waals surface area contributed by atoms with Gasteiger partial charge in [-0.1, -0.05) is 6.42 Å². The molecule has 5 rings (SSSR count). The lowest BCUT2D eigenvalue weighted by Gasteiger charge is -2.38. The van der Waals surface area contributed by atoms with Crippen LogP contribution in [-0.4, -0.2) is 5.78 Å². The number of nitrogens with two attached hydrogens (primary N) is 1. The molecule has 162 valence electrons. The first-order valence-electron chi connectivity index (χ1n) is 10.8. The first kappa shape index (κ1) is 21.5. The second-order valence-electron chi connectivity index (χ2n) is 8.34. The lowest BCUT2D eigenvalue weighted by atomic mass is 9.78. The first-order chi connectivity index (χ1) is 15.5. The molecule has 3 heterocycles. The van der Waals surface area contributed by atoms with Gasteiger partial charge < -0.3 is 5.73 Å². The van der Waals surface area contributed by atoms with Crippen molar-refractivity contribution in [2.75, 3.05) is 4.90 Å². The fraction of sp³-hybridized carbons (Fsp3) is 0.375. The fourth-order valence-electron chi connectivity index (χ4n) is 5.08. The maximum Gasteiger partial charge on any atom is 0.161 e. The minimum Gasteiger partial charge on any atom is -0.384 e. The van der Waals surface area contributed by atoms with Crippen LogP contribution < -0.4 is 10.6 Å². The summed E-state index contributed by atoms with van der Waals surface area (Å²) in [6.07, 6.45) is 7.16. The number of hydrogen-bond acceptors (Lipinski definition) is 7. The van der Waals surface area contributed by atoms with Crippen LogP contribution in [-0.2, 0) is 17.6 Å². The Morgan fingerprint density at radius 2 is 1.91 bits per heavy atom. The molecule has 0 spiro atoms. The van der Waals surface area contributed by atoms with Gasteiger partial charge in [0.15, 0.2) is 5.78 Å². The number of thiophene rings is 2. The van der Waals surface area contributed by atoms with Gasteiger partial charge in [-0.3, -0.25) is 9.69 Å². The Kier molecular flexibility index (Phi) is 5.71. The van der Waals surface area contributed by atoms with Crippen molar-refractivity contribution in [3.63, 3.8) is 0 Å². The van der Waals surface area contributed by atoms with Gasteiger partial charge in [0, 0.05) is 37.3 Å². The molecule has 1 atom stereocenters. The molecule has 2 aliphatic carbocycles. The van der Waals surface area contributed by atoms with E-state index in [4.69, 9.17) is 5.73 Å². The number of carbonyl (C=O) groups is 1. The average Bonchev–Trinajstić information content (AvgIpc) is 3.28. The van der Waals surface area contributed by atoms with Crippen molar-refractivity contribution in [1.29, 1.82) is 10.5 Å². The summed E-state index contributed by atoms with van der Waals surface area (Å²) in [5.74, 6) is -0.0234. The van der Waals surface area contributed by atoms with E-state index in [1.54, 1.807) is 11.3 Å². The van der Waals surface area contributed by atoms with E-state index in [2.05, 4.69) is 28.1 Å². The Morgan fingerprint density at radius 1 is 1.09 bits per heavy atom. The van der Waals surface area contributed by atoms with Crippen molar-refractivity contribution < 1.29 is 4.79 Å². The second kappa shape index (κ2) is 8.51. The number of Topliss-reactive ketones (excluding diaryl/α,β-unsaturated/α-hetero) is 1. The average molecular weight is 525 g/mol. The molecule has 0 unspecified atom stereocenters. The van der Waals surface area contributed by atoms with Crippen molar-refractivity contribution >= 4 is 49.4 Å². The van der Waals surface area contributed by atoms with Gasteiger partial charge in [0.1, 0.15) is 16.9 Å². The highest BCUT2D eigenvalue weighted by Gasteiger charge is 2.42. The molecular formula is C24H21BrN4OS2. The van der Waals surface area contributed by atoms with E-state index in [9.17, 15) is 15.3 Å². The zero-order valence-corrected chi connectivity index (χ0v) is 20.6. The van der Waals surface area contributed by atoms with E-state index in [-0.39, 0.29) is 5.78 Å². The third-order valence-corrected chi connectivity index (χ3v) is 9.54. The van der Waals surface area contributed by atoms with Crippen LogP contribution in [0.2, 0.25) is 0 Å². The Bertz CT molecular complexity index is 1270. The van der Waals surface area contributed by atoms with E-state index in [1.165, 1.54) is 22.6 Å². The van der Waals surface area contributed by atoms with Gasteiger partial charge in [0.25, 0.3) is 0 Å². The number of hydrogen-bond donors (Lipinski definition) is 1. The quantitative estimate of drug-likeness (QED) is 0.484. The zero-order chi connectivity index (χ0) is 22.4. The van der Waals surface area contributed by atoms with Gasteiger partial charge >= 0.3 is 0 Å². The number of fused-ring (bicyclic) bond motifs is 1. The molecule has 0 saturated heterocycles. The molecule has 5 nitrogen and oxygen atoms in total. The summed E-state index contributed by atoms with van der Waals surface area (Å²) in [5.41, 5.74) is 10.4. The molecule has 32 heavy (non-hydrogen) atoms. The van der Waals surface area contributed by atoms with Crippen LogP contribution in [0.4, 0.5) is 5.00 Å². The molecule has 2 N–H and O–H groups in total. The highest BCUT2D eigenvalue weighted by Crippen LogP contribution is 2.50. The molecule has 0 fully saturated rings. The molecule has 2 aromatic rings. The molecular weight excluding hydrogens is 504 g/mol. The third kappa shape index (κ3) is 3.33. The highest BCUT2D eigenvalue weighted by atomic mass is 79.9. The SMILES string of the molecule is N#CC1=C(N)N(c2sc3c(c2C#N)CCCCC3)C2=C(C(=O)CCC2)[C@H]1c1cc(Br)cs1. The Hall–Kier alpha value is -2.39. The number of rotatable bonds is 2. The van der Waals surface area contributed by atoms with Crippen LogP contribution in [0.3, 0.4) is 0 Å². The Balaban J connectivity index is 1.75. The zero-order valence-electron chi connectivity index (χ0n) is 17.4. The largest absolute Gasteiger partial charge is 0.384 e. The summed E-state index contributed by atoms with van der Waals surface area (Å²) in [6.45, 7) is 0. The molecule has 8 heteroatoms. The van der Waals surface area contributed by atoms with Crippen LogP contribution in [0, 0.1) is 22.7 Å². The topological polar surface area (TPSA) is 93.9 Å². The lowest BCUT2D eigenvalue weighted by Crippen LogP contribution is -2.38. The van der Waals surface area contributed by atoms with Crippen LogP contribution >= 0.6 is 38.6 Å². The molecule has 1 aliphatic heterocycles. The van der Waals surface area contributed by atoms with Crippen molar-refractivity contribution in [1.82, 2.24) is 0 Å². The molecule has 0 aromatic carbocycles. The molecule has 0 radical (unpaired) electrons. The van der Waals surface area contributed by atoms with E-state index in [0.29, 0.717) is 35.4 Å². The van der Waals surface area contributed by atoms with Crippen LogP contribution in [0.1, 0.15) is 65.3 Å². The third-order valence-electron chi connectivity index (χ3n) is 6.50. The monoisotopic (exact) mass is 524 g/mol. The number of nitrogens with zero attached hydrogens (tertiary/aromatic N) is 3. The van der Waals surface area contributed by atoms with E-state index < -0.39 is 5.92 Å². The van der Waals surface area contributed by atoms with Gasteiger partial charge in [0.2, 0.25) is 0 Å². The lowest BCUT2D eigenvalue weighted by molar-refractivity contribution is -0.116. The number of ketones is 1. The Morgan fingerprint density at radius 3 is 2.62 bits per heavy atom. The summed E-state index contributed by atoms with van der Waals surface area (Å²) >= 11 is 6.63. The van der Waals surface area contributed by atoms with Crippen molar-refractivity contribution in [3.8, 4) is 12.1 Å². The number of carbonyl (C=O) groups excluding carboxylic acids is 1. The van der Waals surface area contributed by atoms with Gasteiger partial charge in [0.05, 0.1) is 23.1 Å². The number of allylic oxidation sites excluding steroid dienone is 3. The van der Waals surface area contributed by atoms with E-state index >= 15 is 0 Å². The number of nitriles is 2. The molecule has 0 amide bonds. The number of halogens is 1. The molecule has 0 saturated carbocycles. The summed E-state index contributed by atoms with van der Waals surface area (Å²) in [6, 6.07) is 6.71. The number of anilines is 1. The summed E-state index contributed by atoms with van der Waals surface area (Å²) in [4.78, 5) is 17.3. The minimum atomic E-state index is -0.446. The van der Waals surface area contributed by atoms with Crippen molar-refractivity contribution in [2.24, 2.45) is 5.73 Å². The smallest absolute Gasteiger partial charge is 0.161 e. The van der Waals surface area contributed by atoms with Crippen LogP contribution in [0.25, 0.3) is 0 Å². The van der Waals surface area contributed by atoms with Crippen molar-refractivity contribution in [2.45, 2.75) is 57.3 Å². The maximum absolute atomic E-state index is 13.2. The minimum absolute atomic E-state index is 0.0719. The summed E-state index contributed by atoms with van der Waals surface area (Å²) in [7, 11) is 0. The second-order valence-corrected chi connectivity index (χ2v) is 11.3. The summed E-state index contributed by atoms with van der Waals surface area (Å²) < 4.78 is 0.926. The van der Waals surface area contributed by atoms with Crippen LogP contribution in [0.5, 0.6) is 0 Å². The molecule has 3 aliphatic rings. The highest BCUT2D eigenvalue weighted by molar-refractivity contribution is 9.10. The predicted molar refractivity (Wildman–Crippen MR) is 130 cm³/mol. The summed E-state index contributed by atoms with van der Waals surface area (Å²) in [5, 5.41) is 23.0. The van der Waals surface area contributed by atoms with Gasteiger partial charge in [-0.2, -0.15) is 10.5 Å². The first-order valence-corrected chi connectivity index (χ1v) is 13.3. The van der Waals surface area contributed by atoms with E-state index in [0.717, 1.165) is 57.7 Å². The van der Waals surface area contributed by atoms with Gasteiger partial charge in [-0.25, -0.2) is 0 Å². The fourth-order valence-corrected chi connectivity index (χ4v) is 8.02. The van der Waals surface area contributed by atoms with Gasteiger partial charge in [-0.05, 0) is 66.1 Å². The Labute approximate surface area is 203 Å². The standard InChI is InChI=1S/C24H21BrN4OS2/c25-13-9-20(31-12-13)21-16(11-27)23(28)29(17-6-4-7-18(30)22(17)21)24-15(10-26)14-5-2-1-3-8-19(14)32-24/h9,12,21H,1-8,28H2/t21-/m1/s1. The van der Waals surface area contributed by atoms with Crippen molar-refractivity contribution in [3.05, 3.63) is 59.5 Å². The van der Waals surface area contributed by atoms with Gasteiger partial charge in [-0.15, -0.1) is 22.7 Å². The maximum atomic E-state index is 13.2. The molecule has 0 bridgehead atoms. The van der Waals surface area contributed by atoms with Crippen LogP contribution in [0.15, 0.2) is 38.6 Å². The molecule has 2 aromatic heterocycles. The van der Waals surface area contributed by atoms with E-state index in [1.807, 2.05) is 16.3 Å².